The van der Waals surface area contributed by atoms with E-state index < -0.39 is 0 Å². The number of hydrogen-bond acceptors (Lipinski definition) is 2. The summed E-state index contributed by atoms with van der Waals surface area (Å²) in [7, 11) is 0. The van der Waals surface area contributed by atoms with Crippen molar-refractivity contribution in [1.29, 1.82) is 0 Å². The van der Waals surface area contributed by atoms with Crippen molar-refractivity contribution in [3.8, 4) is 11.5 Å². The Labute approximate surface area is 108 Å². The van der Waals surface area contributed by atoms with Gasteiger partial charge in [-0.1, -0.05) is 18.2 Å². The fourth-order valence-electron chi connectivity index (χ4n) is 2.94. The maximum atomic E-state index is 6.10. The molecule has 0 saturated heterocycles. The highest BCUT2D eigenvalue weighted by Gasteiger charge is 2.34. The summed E-state index contributed by atoms with van der Waals surface area (Å²) in [5.74, 6) is 0.958. The Morgan fingerprint density at radius 2 is 2.16 bits per heavy atom. The van der Waals surface area contributed by atoms with Gasteiger partial charge in [0.2, 0.25) is 5.58 Å². The van der Waals surface area contributed by atoms with Crippen molar-refractivity contribution in [2.45, 2.75) is 6.54 Å². The molecule has 3 aromatic heterocycles. The van der Waals surface area contributed by atoms with E-state index in [0.717, 1.165) is 29.1 Å². The molecule has 4 heterocycles. The minimum atomic E-state index is 0.878. The van der Waals surface area contributed by atoms with Crippen LogP contribution >= 0.6 is 0 Å². The second-order valence-electron chi connectivity index (χ2n) is 4.87. The predicted octanol–water partition coefficient (Wildman–Crippen LogP) is 2.40. The summed E-state index contributed by atoms with van der Waals surface area (Å²) in [4.78, 5) is 4.13. The first-order chi connectivity index (χ1) is 9.42. The lowest BCUT2D eigenvalue weighted by Gasteiger charge is -1.90. The zero-order valence-electron chi connectivity index (χ0n) is 10.1. The molecule has 4 heteroatoms. The lowest BCUT2D eigenvalue weighted by atomic mass is 10.1. The molecule has 5 rings (SSSR count). The molecule has 1 aliphatic rings. The monoisotopic (exact) mass is 248 g/mol. The molecule has 1 aromatic carbocycles. The molecule has 0 saturated carbocycles. The second-order valence-corrected chi connectivity index (χ2v) is 4.87. The highest BCUT2D eigenvalue weighted by atomic mass is 16.4. The van der Waals surface area contributed by atoms with E-state index in [9.17, 15) is 0 Å². The molecule has 4 nitrogen and oxygen atoms in total. The highest BCUT2D eigenvalue weighted by molar-refractivity contribution is 5.89. The number of nitrogens with zero attached hydrogens (tertiary/aromatic N) is 3. The standard InChI is InChI=1S/C15H10N3O/c1-2-4-11-10(3-1)7-18-13-8-17-9-16-6-5-12(17)14(13)19-15(11)18/h1-6,8-9H,7H2/q+1. The maximum Gasteiger partial charge on any atom is 0.382 e. The number of oxazole rings is 1. The van der Waals surface area contributed by atoms with Crippen LogP contribution in [0.3, 0.4) is 0 Å². The van der Waals surface area contributed by atoms with Crippen LogP contribution in [0.1, 0.15) is 5.56 Å². The largest absolute Gasteiger partial charge is 0.395 e. The van der Waals surface area contributed by atoms with Crippen molar-refractivity contribution in [3.63, 3.8) is 0 Å². The third kappa shape index (κ3) is 1.04. The average Bonchev–Trinajstić information content (AvgIpc) is 3.07. The normalized spacial score (nSPS) is 13.1. The minimum Gasteiger partial charge on any atom is -0.395 e. The van der Waals surface area contributed by atoms with Crippen molar-refractivity contribution >= 4 is 16.6 Å². The van der Waals surface area contributed by atoms with E-state index in [2.05, 4.69) is 40.0 Å². The van der Waals surface area contributed by atoms with Gasteiger partial charge in [-0.05, 0) is 12.1 Å². The average molecular weight is 248 g/mol. The summed E-state index contributed by atoms with van der Waals surface area (Å²) in [6.45, 7) is 0.878. The van der Waals surface area contributed by atoms with Crippen molar-refractivity contribution in [2.24, 2.45) is 0 Å². The molecule has 19 heavy (non-hydrogen) atoms. The highest BCUT2D eigenvalue weighted by Crippen LogP contribution is 2.32. The molecule has 1 aliphatic heterocycles. The zero-order chi connectivity index (χ0) is 12.4. The fourth-order valence-corrected chi connectivity index (χ4v) is 2.94. The Hall–Kier alpha value is -2.62. The molecule has 0 aliphatic carbocycles. The van der Waals surface area contributed by atoms with Crippen molar-refractivity contribution in [3.05, 3.63) is 54.6 Å². The first-order valence-corrected chi connectivity index (χ1v) is 6.27. The van der Waals surface area contributed by atoms with Crippen LogP contribution in [-0.2, 0) is 6.54 Å². The molecule has 90 valence electrons. The van der Waals surface area contributed by atoms with Crippen molar-refractivity contribution < 1.29 is 8.98 Å². The van der Waals surface area contributed by atoms with Crippen molar-refractivity contribution in [2.75, 3.05) is 0 Å². The van der Waals surface area contributed by atoms with Crippen LogP contribution in [-0.4, -0.2) is 9.38 Å². The van der Waals surface area contributed by atoms with Crippen LogP contribution in [0.25, 0.3) is 28.1 Å². The molecule has 0 unspecified atom stereocenters. The van der Waals surface area contributed by atoms with E-state index in [4.69, 9.17) is 4.42 Å². The lowest BCUT2D eigenvalue weighted by molar-refractivity contribution is -0.649. The Bertz CT molecular complexity index is 949. The van der Waals surface area contributed by atoms with Crippen LogP contribution in [0.5, 0.6) is 0 Å². The lowest BCUT2D eigenvalue weighted by Crippen LogP contribution is -2.30. The zero-order valence-corrected chi connectivity index (χ0v) is 10.1. The van der Waals surface area contributed by atoms with E-state index in [1.54, 1.807) is 12.5 Å². The molecule has 0 N–H and O–H groups in total. The van der Waals surface area contributed by atoms with Gasteiger partial charge in [-0.25, -0.2) is 4.98 Å². The number of rotatable bonds is 0. The van der Waals surface area contributed by atoms with E-state index in [-0.39, 0.29) is 0 Å². The topological polar surface area (TPSA) is 34.3 Å². The number of benzene rings is 1. The smallest absolute Gasteiger partial charge is 0.382 e. The Balaban J connectivity index is 1.93. The molecule has 0 radical (unpaired) electrons. The quantitative estimate of drug-likeness (QED) is 0.394. The first-order valence-electron chi connectivity index (χ1n) is 6.27. The SMILES string of the molecule is c1ccc2c(c1)C[n+]1c-2oc2c3ccncn3cc21. The molecular formula is C15H10N3O+. The molecule has 0 fully saturated rings. The van der Waals surface area contributed by atoms with Gasteiger partial charge >= 0.3 is 5.89 Å². The van der Waals surface area contributed by atoms with Gasteiger partial charge in [0.25, 0.3) is 5.52 Å². The van der Waals surface area contributed by atoms with E-state index >= 15 is 0 Å². The van der Waals surface area contributed by atoms with E-state index in [1.165, 1.54) is 11.1 Å². The van der Waals surface area contributed by atoms with Gasteiger partial charge in [-0.2, -0.15) is 4.57 Å². The van der Waals surface area contributed by atoms with Crippen LogP contribution in [0.15, 0.2) is 53.5 Å². The van der Waals surface area contributed by atoms with E-state index in [0.29, 0.717) is 0 Å². The predicted molar refractivity (Wildman–Crippen MR) is 69.7 cm³/mol. The summed E-state index contributed by atoms with van der Waals surface area (Å²) in [6.07, 6.45) is 5.68. The number of hydrogen-bond donors (Lipinski definition) is 0. The van der Waals surface area contributed by atoms with Crippen LogP contribution < -0.4 is 4.57 Å². The third-order valence-corrected chi connectivity index (χ3v) is 3.83. The van der Waals surface area contributed by atoms with E-state index in [1.807, 2.05) is 10.5 Å². The van der Waals surface area contributed by atoms with Gasteiger partial charge in [-0.15, -0.1) is 0 Å². The Morgan fingerprint density at radius 3 is 3.16 bits per heavy atom. The summed E-state index contributed by atoms with van der Waals surface area (Å²) in [5.41, 5.74) is 5.64. The fraction of sp³-hybridized carbons (Fsp3) is 0.0667. The molecule has 0 bridgehead atoms. The van der Waals surface area contributed by atoms with Gasteiger partial charge in [0.1, 0.15) is 0 Å². The van der Waals surface area contributed by atoms with Crippen LogP contribution in [0.4, 0.5) is 0 Å². The van der Waals surface area contributed by atoms with Gasteiger partial charge in [0, 0.05) is 11.8 Å². The molecular weight excluding hydrogens is 238 g/mol. The third-order valence-electron chi connectivity index (χ3n) is 3.83. The number of aromatic nitrogens is 3. The van der Waals surface area contributed by atoms with Gasteiger partial charge in [0.05, 0.1) is 23.6 Å². The van der Waals surface area contributed by atoms with Crippen molar-refractivity contribution in [1.82, 2.24) is 9.38 Å². The summed E-state index contributed by atoms with van der Waals surface area (Å²) < 4.78 is 10.3. The Morgan fingerprint density at radius 1 is 1.21 bits per heavy atom. The minimum absolute atomic E-state index is 0.878. The molecule has 4 aromatic rings. The molecule has 0 spiro atoms. The Kier molecular flexibility index (Phi) is 1.49. The second kappa shape index (κ2) is 3.03. The summed E-state index contributed by atoms with van der Waals surface area (Å²) in [5, 5.41) is 0. The molecule has 0 amide bonds. The first kappa shape index (κ1) is 9.33. The molecule has 0 atom stereocenters. The summed E-state index contributed by atoms with van der Waals surface area (Å²) >= 11 is 0. The maximum absolute atomic E-state index is 6.10. The van der Waals surface area contributed by atoms with Gasteiger partial charge in [-0.3, -0.25) is 4.40 Å². The van der Waals surface area contributed by atoms with Crippen LogP contribution in [0.2, 0.25) is 0 Å². The van der Waals surface area contributed by atoms with Crippen LogP contribution in [0, 0.1) is 0 Å². The summed E-state index contributed by atoms with van der Waals surface area (Å²) in [6, 6.07) is 10.4. The van der Waals surface area contributed by atoms with Gasteiger partial charge in [0.15, 0.2) is 6.54 Å². The van der Waals surface area contributed by atoms with Gasteiger partial charge < -0.3 is 4.42 Å². The number of fused-ring (bicyclic) bond motifs is 7.